The van der Waals surface area contributed by atoms with Crippen molar-refractivity contribution in [2.45, 2.75) is 11.8 Å². The molecule has 2 rings (SSSR count). The topological polar surface area (TPSA) is 98.5 Å². The lowest BCUT2D eigenvalue weighted by Gasteiger charge is -2.11. The molecule has 0 saturated heterocycles. The number of aryl methyl sites for hydroxylation is 1. The molecule has 0 heterocycles. The molecule has 1 amide bonds. The fourth-order valence-electron chi connectivity index (χ4n) is 1.80. The Bertz CT molecular complexity index is 800. The van der Waals surface area contributed by atoms with Crippen LogP contribution in [0.3, 0.4) is 0 Å². The fraction of sp³-hybridized carbons (Fsp3) is 0.133. The zero-order chi connectivity index (χ0) is 17.0. The van der Waals surface area contributed by atoms with Crippen molar-refractivity contribution in [3.8, 4) is 5.75 Å². The van der Waals surface area contributed by atoms with Crippen molar-refractivity contribution in [3.63, 3.8) is 0 Å². The monoisotopic (exact) mass is 354 g/mol. The standard InChI is InChI=1S/C15H15ClN2O4S/c1-10-3-2-4-13(16)15(10)22-23(20,21)12-7-5-11(6-8-12)18-14(19)9-17/h2-8H,9,17H2,1H3,(H,18,19). The van der Waals surface area contributed by atoms with Crippen LogP contribution in [-0.2, 0) is 14.9 Å². The van der Waals surface area contributed by atoms with Crippen molar-refractivity contribution in [1.29, 1.82) is 0 Å². The first kappa shape index (κ1) is 17.3. The first-order chi connectivity index (χ1) is 10.8. The van der Waals surface area contributed by atoms with Crippen molar-refractivity contribution in [2.24, 2.45) is 5.73 Å². The van der Waals surface area contributed by atoms with Gasteiger partial charge in [0.2, 0.25) is 5.91 Å². The van der Waals surface area contributed by atoms with Gasteiger partial charge in [-0.25, -0.2) is 0 Å². The van der Waals surface area contributed by atoms with E-state index in [0.717, 1.165) is 0 Å². The molecule has 0 bridgehead atoms. The molecule has 122 valence electrons. The van der Waals surface area contributed by atoms with E-state index in [2.05, 4.69) is 5.32 Å². The van der Waals surface area contributed by atoms with Gasteiger partial charge in [0.1, 0.15) is 4.90 Å². The quantitative estimate of drug-likeness (QED) is 0.803. The summed E-state index contributed by atoms with van der Waals surface area (Å²) in [6.45, 7) is 1.54. The van der Waals surface area contributed by atoms with E-state index in [0.29, 0.717) is 11.3 Å². The van der Waals surface area contributed by atoms with Gasteiger partial charge in [-0.15, -0.1) is 0 Å². The summed E-state index contributed by atoms with van der Waals surface area (Å²) in [6.07, 6.45) is 0. The average molecular weight is 355 g/mol. The Kier molecular flexibility index (Phi) is 5.25. The molecule has 0 atom stereocenters. The largest absolute Gasteiger partial charge is 0.377 e. The Balaban J connectivity index is 2.25. The summed E-state index contributed by atoms with van der Waals surface area (Å²) in [5.74, 6) is -0.279. The van der Waals surface area contributed by atoms with Gasteiger partial charge in [0.05, 0.1) is 11.6 Å². The van der Waals surface area contributed by atoms with Gasteiger partial charge in [-0.1, -0.05) is 23.7 Å². The van der Waals surface area contributed by atoms with E-state index in [-0.39, 0.29) is 28.1 Å². The number of amides is 1. The van der Waals surface area contributed by atoms with Gasteiger partial charge in [0.15, 0.2) is 5.75 Å². The van der Waals surface area contributed by atoms with Gasteiger partial charge >= 0.3 is 10.1 Å². The molecular formula is C15H15ClN2O4S. The molecule has 3 N–H and O–H groups in total. The predicted molar refractivity (Wildman–Crippen MR) is 88.1 cm³/mol. The number of halogens is 1. The minimum absolute atomic E-state index is 0.0532. The second-order valence-electron chi connectivity index (χ2n) is 4.70. The number of rotatable bonds is 5. The minimum atomic E-state index is -4.03. The molecule has 0 radical (unpaired) electrons. The molecule has 8 heteroatoms. The third kappa shape index (κ3) is 4.22. The van der Waals surface area contributed by atoms with Crippen LogP contribution in [0, 0.1) is 6.92 Å². The molecule has 6 nitrogen and oxygen atoms in total. The lowest BCUT2D eigenvalue weighted by atomic mass is 10.2. The molecular weight excluding hydrogens is 340 g/mol. The van der Waals surface area contributed by atoms with E-state index in [1.165, 1.54) is 24.3 Å². The number of para-hydroxylation sites is 1. The van der Waals surface area contributed by atoms with Gasteiger partial charge in [-0.2, -0.15) is 8.42 Å². The van der Waals surface area contributed by atoms with Gasteiger partial charge in [0.25, 0.3) is 0 Å². The Labute approximate surface area is 139 Å². The molecule has 0 aromatic heterocycles. The van der Waals surface area contributed by atoms with Gasteiger partial charge in [-0.05, 0) is 42.8 Å². The predicted octanol–water partition coefficient (Wildman–Crippen LogP) is 2.31. The molecule has 2 aromatic rings. The molecule has 0 aliphatic heterocycles. The smallest absolute Gasteiger partial charge is 0.339 e. The van der Waals surface area contributed by atoms with Crippen molar-refractivity contribution in [2.75, 3.05) is 11.9 Å². The Morgan fingerprint density at radius 1 is 1.22 bits per heavy atom. The third-order valence-corrected chi connectivity index (χ3v) is 4.50. The molecule has 0 fully saturated rings. The molecule has 23 heavy (non-hydrogen) atoms. The summed E-state index contributed by atoms with van der Waals surface area (Å²) in [7, 11) is -4.03. The summed E-state index contributed by atoms with van der Waals surface area (Å²) in [5.41, 5.74) is 6.24. The van der Waals surface area contributed by atoms with Crippen molar-refractivity contribution in [1.82, 2.24) is 0 Å². The zero-order valence-electron chi connectivity index (χ0n) is 12.2. The van der Waals surface area contributed by atoms with Crippen LogP contribution < -0.4 is 15.2 Å². The molecule has 2 aromatic carbocycles. The summed E-state index contributed by atoms with van der Waals surface area (Å²) >= 11 is 5.97. The first-order valence-corrected chi connectivity index (χ1v) is 8.41. The Hall–Kier alpha value is -2.09. The highest BCUT2D eigenvalue weighted by Crippen LogP contribution is 2.30. The lowest BCUT2D eigenvalue weighted by Crippen LogP contribution is -2.21. The van der Waals surface area contributed by atoms with Gasteiger partial charge in [0, 0.05) is 5.69 Å². The van der Waals surface area contributed by atoms with Crippen molar-refractivity contribution < 1.29 is 17.4 Å². The average Bonchev–Trinajstić information content (AvgIpc) is 2.51. The van der Waals surface area contributed by atoms with Crippen LogP contribution in [0.2, 0.25) is 5.02 Å². The summed E-state index contributed by atoms with van der Waals surface area (Å²) < 4.78 is 29.7. The maximum Gasteiger partial charge on any atom is 0.339 e. The Morgan fingerprint density at radius 2 is 1.87 bits per heavy atom. The number of nitrogens with two attached hydrogens (primary N) is 1. The van der Waals surface area contributed by atoms with Crippen LogP contribution in [0.5, 0.6) is 5.75 Å². The van der Waals surface area contributed by atoms with E-state index in [1.54, 1.807) is 25.1 Å². The molecule has 0 aliphatic rings. The normalized spacial score (nSPS) is 11.1. The molecule has 0 aliphatic carbocycles. The zero-order valence-corrected chi connectivity index (χ0v) is 13.8. The summed E-state index contributed by atoms with van der Waals surface area (Å²) in [4.78, 5) is 11.1. The SMILES string of the molecule is Cc1cccc(Cl)c1OS(=O)(=O)c1ccc(NC(=O)CN)cc1. The highest BCUT2D eigenvalue weighted by molar-refractivity contribution is 7.87. The second kappa shape index (κ2) is 6.99. The van der Waals surface area contributed by atoms with E-state index < -0.39 is 10.1 Å². The highest BCUT2D eigenvalue weighted by Gasteiger charge is 2.19. The maximum absolute atomic E-state index is 12.3. The minimum Gasteiger partial charge on any atom is -0.377 e. The van der Waals surface area contributed by atoms with Crippen LogP contribution >= 0.6 is 11.6 Å². The number of nitrogens with one attached hydrogen (secondary N) is 1. The number of carbonyl (C=O) groups is 1. The summed E-state index contributed by atoms with van der Waals surface area (Å²) in [6, 6.07) is 10.5. The number of anilines is 1. The number of hydrogen-bond acceptors (Lipinski definition) is 5. The molecule has 0 saturated carbocycles. The Morgan fingerprint density at radius 3 is 2.43 bits per heavy atom. The van der Waals surface area contributed by atoms with Crippen LogP contribution in [0.15, 0.2) is 47.4 Å². The van der Waals surface area contributed by atoms with E-state index in [9.17, 15) is 13.2 Å². The summed E-state index contributed by atoms with van der Waals surface area (Å²) in [5, 5.41) is 2.73. The number of hydrogen-bond donors (Lipinski definition) is 2. The van der Waals surface area contributed by atoms with E-state index in [4.69, 9.17) is 21.5 Å². The first-order valence-electron chi connectivity index (χ1n) is 6.63. The third-order valence-electron chi connectivity index (χ3n) is 2.97. The highest BCUT2D eigenvalue weighted by atomic mass is 35.5. The van der Waals surface area contributed by atoms with Crippen molar-refractivity contribution in [3.05, 3.63) is 53.1 Å². The van der Waals surface area contributed by atoms with Crippen LogP contribution in [0.1, 0.15) is 5.56 Å². The van der Waals surface area contributed by atoms with E-state index in [1.807, 2.05) is 0 Å². The second-order valence-corrected chi connectivity index (χ2v) is 6.65. The fourth-order valence-corrected chi connectivity index (χ4v) is 3.11. The van der Waals surface area contributed by atoms with Gasteiger partial charge < -0.3 is 15.2 Å². The van der Waals surface area contributed by atoms with E-state index >= 15 is 0 Å². The number of benzene rings is 2. The molecule has 0 spiro atoms. The number of carbonyl (C=O) groups excluding carboxylic acids is 1. The maximum atomic E-state index is 12.3. The van der Waals surface area contributed by atoms with Crippen LogP contribution in [-0.4, -0.2) is 20.9 Å². The van der Waals surface area contributed by atoms with Crippen LogP contribution in [0.25, 0.3) is 0 Å². The molecule has 0 unspecified atom stereocenters. The van der Waals surface area contributed by atoms with Crippen molar-refractivity contribution >= 4 is 33.3 Å². The lowest BCUT2D eigenvalue weighted by molar-refractivity contribution is -0.114. The van der Waals surface area contributed by atoms with Crippen LogP contribution in [0.4, 0.5) is 5.69 Å². The van der Waals surface area contributed by atoms with Gasteiger partial charge in [-0.3, -0.25) is 4.79 Å².